The van der Waals surface area contributed by atoms with Crippen molar-refractivity contribution in [2.24, 2.45) is 0 Å². The van der Waals surface area contributed by atoms with Crippen LogP contribution in [0.2, 0.25) is 0 Å². The number of carbonyl (C=O) groups excluding carboxylic acids is 1. The largest absolute Gasteiger partial charge is 0.355 e. The van der Waals surface area contributed by atoms with Crippen LogP contribution in [-0.2, 0) is 24.1 Å². The summed E-state index contributed by atoms with van der Waals surface area (Å²) >= 11 is 0. The molecule has 0 saturated carbocycles. The Morgan fingerprint density at radius 3 is 2.60 bits per heavy atom. The summed E-state index contributed by atoms with van der Waals surface area (Å²) in [6.45, 7) is 1.23. The van der Waals surface area contributed by atoms with Crippen molar-refractivity contribution in [3.8, 4) is 0 Å². The Kier molecular flexibility index (Phi) is 6.24. The Labute approximate surface area is 151 Å². The van der Waals surface area contributed by atoms with Crippen LogP contribution in [0.4, 0.5) is 0 Å². The summed E-state index contributed by atoms with van der Waals surface area (Å²) in [4.78, 5) is 14.4. The standard InChI is InChI=1S/C22H28N2O/c1-24(21-14-13-19-11-5-6-12-20(19)16-21)17-22(25)23-15-7-10-18-8-3-2-4-9-18/h2-6,8-9,11-12,21H,7,10,13-17H2,1H3,(H,23,25). The van der Waals surface area contributed by atoms with Crippen molar-refractivity contribution in [3.05, 3.63) is 71.3 Å². The van der Waals surface area contributed by atoms with Gasteiger partial charge >= 0.3 is 0 Å². The molecule has 1 aliphatic rings. The lowest BCUT2D eigenvalue weighted by Gasteiger charge is -2.32. The molecule has 3 rings (SSSR count). The van der Waals surface area contributed by atoms with Crippen molar-refractivity contribution < 1.29 is 4.79 Å². The molecule has 0 bridgehead atoms. The Balaban J connectivity index is 1.38. The van der Waals surface area contributed by atoms with E-state index in [4.69, 9.17) is 0 Å². The number of benzene rings is 2. The minimum atomic E-state index is 0.134. The Morgan fingerprint density at radius 2 is 1.80 bits per heavy atom. The van der Waals surface area contributed by atoms with Crippen molar-refractivity contribution in [3.63, 3.8) is 0 Å². The van der Waals surface area contributed by atoms with Crippen LogP contribution in [0.25, 0.3) is 0 Å². The lowest BCUT2D eigenvalue weighted by atomic mass is 9.88. The quantitative estimate of drug-likeness (QED) is 0.788. The van der Waals surface area contributed by atoms with Gasteiger partial charge in [-0.2, -0.15) is 0 Å². The number of amides is 1. The predicted octanol–water partition coefficient (Wildman–Crippen LogP) is 3.22. The van der Waals surface area contributed by atoms with Gasteiger partial charge in [0, 0.05) is 12.6 Å². The summed E-state index contributed by atoms with van der Waals surface area (Å²) < 4.78 is 0. The molecular formula is C22H28N2O. The van der Waals surface area contributed by atoms with E-state index in [1.807, 2.05) is 6.07 Å². The second kappa shape index (κ2) is 8.82. The van der Waals surface area contributed by atoms with Gasteiger partial charge in [0.15, 0.2) is 0 Å². The summed E-state index contributed by atoms with van der Waals surface area (Å²) in [6.07, 6.45) is 5.29. The summed E-state index contributed by atoms with van der Waals surface area (Å²) in [5, 5.41) is 3.06. The number of nitrogens with zero attached hydrogens (tertiary/aromatic N) is 1. The van der Waals surface area contributed by atoms with Gasteiger partial charge in [0.2, 0.25) is 5.91 Å². The molecule has 1 unspecified atom stereocenters. The molecule has 0 heterocycles. The van der Waals surface area contributed by atoms with Crippen molar-refractivity contribution in [1.82, 2.24) is 10.2 Å². The zero-order valence-electron chi connectivity index (χ0n) is 15.1. The SMILES string of the molecule is CN(CC(=O)NCCCc1ccccc1)C1CCc2ccccc2C1. The topological polar surface area (TPSA) is 32.3 Å². The molecule has 2 aromatic carbocycles. The number of aryl methyl sites for hydroxylation is 2. The maximum atomic E-state index is 12.2. The number of likely N-dealkylation sites (N-methyl/N-ethyl adjacent to an activating group) is 1. The zero-order valence-corrected chi connectivity index (χ0v) is 15.1. The lowest BCUT2D eigenvalue weighted by molar-refractivity contribution is -0.122. The first-order chi connectivity index (χ1) is 12.2. The summed E-state index contributed by atoms with van der Waals surface area (Å²) in [5.41, 5.74) is 4.24. The first kappa shape index (κ1) is 17.7. The second-order valence-corrected chi connectivity index (χ2v) is 7.02. The van der Waals surface area contributed by atoms with Crippen molar-refractivity contribution in [2.45, 2.75) is 38.1 Å². The van der Waals surface area contributed by atoms with Crippen LogP contribution in [0.5, 0.6) is 0 Å². The minimum Gasteiger partial charge on any atom is -0.355 e. The normalized spacial score (nSPS) is 16.5. The van der Waals surface area contributed by atoms with E-state index >= 15 is 0 Å². The average Bonchev–Trinajstić information content (AvgIpc) is 2.65. The molecule has 3 heteroatoms. The van der Waals surface area contributed by atoms with Gasteiger partial charge in [-0.25, -0.2) is 0 Å². The molecule has 0 aromatic heterocycles. The van der Waals surface area contributed by atoms with Crippen LogP contribution in [0.3, 0.4) is 0 Å². The average molecular weight is 336 g/mol. The molecule has 0 spiro atoms. The van der Waals surface area contributed by atoms with Gasteiger partial charge < -0.3 is 5.32 Å². The van der Waals surface area contributed by atoms with E-state index in [2.05, 4.69) is 65.8 Å². The van der Waals surface area contributed by atoms with Crippen LogP contribution >= 0.6 is 0 Å². The van der Waals surface area contributed by atoms with Crippen molar-refractivity contribution >= 4 is 5.91 Å². The third kappa shape index (κ3) is 5.17. The van der Waals surface area contributed by atoms with Crippen molar-refractivity contribution in [1.29, 1.82) is 0 Å². The molecule has 25 heavy (non-hydrogen) atoms. The molecule has 132 valence electrons. The molecule has 0 radical (unpaired) electrons. The zero-order chi connectivity index (χ0) is 17.5. The molecule has 0 saturated heterocycles. The van der Waals surface area contributed by atoms with E-state index < -0.39 is 0 Å². The van der Waals surface area contributed by atoms with E-state index in [1.165, 1.54) is 16.7 Å². The minimum absolute atomic E-state index is 0.134. The fourth-order valence-corrected chi connectivity index (χ4v) is 3.63. The van der Waals surface area contributed by atoms with E-state index in [0.29, 0.717) is 12.6 Å². The van der Waals surface area contributed by atoms with Crippen LogP contribution < -0.4 is 5.32 Å². The molecule has 0 fully saturated rings. The Bertz CT molecular complexity index is 683. The van der Waals surface area contributed by atoms with Crippen LogP contribution in [0, 0.1) is 0 Å². The lowest BCUT2D eigenvalue weighted by Crippen LogP contribution is -2.43. The first-order valence-corrected chi connectivity index (χ1v) is 9.30. The summed E-state index contributed by atoms with van der Waals surface area (Å²) in [6, 6.07) is 19.6. The number of hydrogen-bond acceptors (Lipinski definition) is 2. The van der Waals surface area contributed by atoms with Crippen LogP contribution in [-0.4, -0.2) is 37.0 Å². The first-order valence-electron chi connectivity index (χ1n) is 9.30. The number of rotatable bonds is 7. The van der Waals surface area contributed by atoms with Gasteiger partial charge in [-0.1, -0.05) is 54.6 Å². The highest BCUT2D eigenvalue weighted by Gasteiger charge is 2.22. The molecule has 1 N–H and O–H groups in total. The third-order valence-electron chi connectivity index (χ3n) is 5.14. The van der Waals surface area contributed by atoms with Gasteiger partial charge in [0.05, 0.1) is 6.54 Å². The molecule has 3 nitrogen and oxygen atoms in total. The van der Waals surface area contributed by atoms with Gasteiger partial charge in [0.25, 0.3) is 0 Å². The molecule has 1 amide bonds. The fourth-order valence-electron chi connectivity index (χ4n) is 3.63. The van der Waals surface area contributed by atoms with Crippen LogP contribution in [0.15, 0.2) is 54.6 Å². The predicted molar refractivity (Wildman–Crippen MR) is 103 cm³/mol. The van der Waals surface area contributed by atoms with Crippen molar-refractivity contribution in [2.75, 3.05) is 20.1 Å². The highest BCUT2D eigenvalue weighted by molar-refractivity contribution is 5.78. The van der Waals surface area contributed by atoms with Gasteiger partial charge in [-0.05, 0) is 55.8 Å². The van der Waals surface area contributed by atoms with E-state index in [-0.39, 0.29) is 5.91 Å². The second-order valence-electron chi connectivity index (χ2n) is 7.02. The number of nitrogens with one attached hydrogen (secondary N) is 1. The monoisotopic (exact) mass is 336 g/mol. The highest BCUT2D eigenvalue weighted by Crippen LogP contribution is 2.23. The van der Waals surface area contributed by atoms with Crippen LogP contribution in [0.1, 0.15) is 29.5 Å². The molecule has 2 aromatic rings. The van der Waals surface area contributed by atoms with Gasteiger partial charge in [-0.3, -0.25) is 9.69 Å². The maximum Gasteiger partial charge on any atom is 0.234 e. The highest BCUT2D eigenvalue weighted by atomic mass is 16.2. The van der Waals surface area contributed by atoms with E-state index in [0.717, 1.165) is 38.6 Å². The van der Waals surface area contributed by atoms with E-state index in [9.17, 15) is 4.79 Å². The van der Waals surface area contributed by atoms with E-state index in [1.54, 1.807) is 0 Å². The summed E-state index contributed by atoms with van der Waals surface area (Å²) in [5.74, 6) is 0.134. The number of carbonyl (C=O) groups is 1. The Hall–Kier alpha value is -2.13. The fraction of sp³-hybridized carbons (Fsp3) is 0.409. The Morgan fingerprint density at radius 1 is 1.08 bits per heavy atom. The maximum absolute atomic E-state index is 12.2. The summed E-state index contributed by atoms with van der Waals surface area (Å²) in [7, 11) is 2.07. The molecule has 1 atom stereocenters. The molecule has 0 aliphatic heterocycles. The van der Waals surface area contributed by atoms with Gasteiger partial charge in [-0.15, -0.1) is 0 Å². The number of fused-ring (bicyclic) bond motifs is 1. The molecular weight excluding hydrogens is 308 g/mol. The smallest absolute Gasteiger partial charge is 0.234 e. The number of hydrogen-bond donors (Lipinski definition) is 1. The molecule has 1 aliphatic carbocycles. The van der Waals surface area contributed by atoms with Gasteiger partial charge in [0.1, 0.15) is 0 Å². The third-order valence-corrected chi connectivity index (χ3v) is 5.14.